The Morgan fingerprint density at radius 2 is 1.89 bits per heavy atom. The van der Waals surface area contributed by atoms with Crippen molar-refractivity contribution in [2.24, 2.45) is 0 Å². The van der Waals surface area contributed by atoms with Crippen LogP contribution in [0.25, 0.3) is 0 Å². The summed E-state index contributed by atoms with van der Waals surface area (Å²) in [6, 6.07) is 9.37. The Balaban J connectivity index is 2.06. The van der Waals surface area contributed by atoms with Crippen molar-refractivity contribution in [2.45, 2.75) is 19.8 Å². The summed E-state index contributed by atoms with van der Waals surface area (Å²) in [5, 5.41) is 2.68. The van der Waals surface area contributed by atoms with Crippen molar-refractivity contribution in [3.63, 3.8) is 0 Å². The molecule has 1 rings (SSSR count). The van der Waals surface area contributed by atoms with E-state index in [1.165, 1.54) is 0 Å². The van der Waals surface area contributed by atoms with E-state index in [0.717, 1.165) is 5.75 Å². The highest BCUT2D eigenvalue weighted by atomic mass is 16.5. The maximum absolute atomic E-state index is 11.4. The summed E-state index contributed by atoms with van der Waals surface area (Å²) >= 11 is 0. The molecule has 0 radical (unpaired) electrons. The fourth-order valence-corrected chi connectivity index (χ4v) is 1.41. The van der Waals surface area contributed by atoms with Gasteiger partial charge in [-0.05, 0) is 19.1 Å². The van der Waals surface area contributed by atoms with E-state index in [2.05, 4.69) is 5.32 Å². The number of hydrogen-bond donors (Lipinski definition) is 1. The molecule has 0 atom stereocenters. The van der Waals surface area contributed by atoms with Gasteiger partial charge in [0.25, 0.3) is 0 Å². The van der Waals surface area contributed by atoms with Gasteiger partial charge in [0, 0.05) is 6.42 Å². The number of benzene rings is 1. The number of ether oxygens (including phenoxy) is 2. The van der Waals surface area contributed by atoms with Crippen molar-refractivity contribution < 1.29 is 19.1 Å². The third kappa shape index (κ3) is 7.08. The molecule has 0 aromatic heterocycles. The molecular formula is C14H19NO4. The Bertz CT molecular complexity index is 392. The summed E-state index contributed by atoms with van der Waals surface area (Å²) < 4.78 is 10.1. The van der Waals surface area contributed by atoms with Crippen molar-refractivity contribution >= 4 is 11.9 Å². The van der Waals surface area contributed by atoms with Gasteiger partial charge in [-0.15, -0.1) is 0 Å². The number of nitrogens with one attached hydrogen (secondary N) is 1. The summed E-state index contributed by atoms with van der Waals surface area (Å²) in [5.74, 6) is 0.242. The van der Waals surface area contributed by atoms with Crippen LogP contribution in [0.3, 0.4) is 0 Å². The molecule has 5 heteroatoms. The van der Waals surface area contributed by atoms with Gasteiger partial charge in [0.05, 0.1) is 19.6 Å². The minimum atomic E-state index is -0.349. The molecule has 19 heavy (non-hydrogen) atoms. The Morgan fingerprint density at radius 1 is 1.16 bits per heavy atom. The monoisotopic (exact) mass is 265 g/mol. The maximum atomic E-state index is 11.4. The molecule has 1 aromatic rings. The molecule has 0 aliphatic heterocycles. The van der Waals surface area contributed by atoms with Crippen LogP contribution in [0.1, 0.15) is 19.8 Å². The van der Waals surface area contributed by atoms with E-state index < -0.39 is 0 Å². The van der Waals surface area contributed by atoms with Crippen LogP contribution in [-0.4, -0.2) is 31.6 Å². The highest BCUT2D eigenvalue weighted by Crippen LogP contribution is 2.07. The van der Waals surface area contributed by atoms with Crippen LogP contribution >= 0.6 is 0 Å². The standard InChI is InChI=1S/C14H19NO4/c1-2-18-14(17)9-8-13(16)15-10-11-19-12-6-4-3-5-7-12/h3-7H,2,8-11H2,1H3,(H,15,16). The first kappa shape index (κ1) is 15.0. The van der Waals surface area contributed by atoms with Crippen molar-refractivity contribution in [3.8, 4) is 5.75 Å². The largest absolute Gasteiger partial charge is 0.492 e. The second-order valence-corrected chi connectivity index (χ2v) is 3.82. The van der Waals surface area contributed by atoms with Crippen LogP contribution in [-0.2, 0) is 14.3 Å². The van der Waals surface area contributed by atoms with Gasteiger partial charge in [0.15, 0.2) is 0 Å². The lowest BCUT2D eigenvalue weighted by Gasteiger charge is -2.07. The van der Waals surface area contributed by atoms with Gasteiger partial charge in [0.2, 0.25) is 5.91 Å². The van der Waals surface area contributed by atoms with E-state index in [1.807, 2.05) is 30.3 Å². The van der Waals surface area contributed by atoms with E-state index >= 15 is 0 Å². The maximum Gasteiger partial charge on any atom is 0.306 e. The minimum Gasteiger partial charge on any atom is -0.492 e. The van der Waals surface area contributed by atoms with Crippen molar-refractivity contribution in [2.75, 3.05) is 19.8 Å². The molecule has 1 amide bonds. The van der Waals surface area contributed by atoms with Crippen LogP contribution in [0.5, 0.6) is 5.75 Å². The molecule has 0 aliphatic carbocycles. The number of rotatable bonds is 8. The first-order chi connectivity index (χ1) is 9.22. The molecule has 0 unspecified atom stereocenters. The predicted octanol–water partition coefficient (Wildman–Crippen LogP) is 1.52. The number of hydrogen-bond acceptors (Lipinski definition) is 4. The average molecular weight is 265 g/mol. The fraction of sp³-hybridized carbons (Fsp3) is 0.429. The highest BCUT2D eigenvalue weighted by molar-refractivity contribution is 5.81. The molecule has 0 saturated heterocycles. The van der Waals surface area contributed by atoms with Gasteiger partial charge in [0.1, 0.15) is 12.4 Å². The fourth-order valence-electron chi connectivity index (χ4n) is 1.41. The zero-order chi connectivity index (χ0) is 13.9. The quantitative estimate of drug-likeness (QED) is 0.572. The summed E-state index contributed by atoms with van der Waals surface area (Å²) in [4.78, 5) is 22.4. The van der Waals surface area contributed by atoms with E-state index in [0.29, 0.717) is 19.8 Å². The zero-order valence-corrected chi connectivity index (χ0v) is 11.1. The smallest absolute Gasteiger partial charge is 0.306 e. The van der Waals surface area contributed by atoms with Gasteiger partial charge < -0.3 is 14.8 Å². The minimum absolute atomic E-state index is 0.110. The van der Waals surface area contributed by atoms with Crippen LogP contribution in [0.15, 0.2) is 30.3 Å². The van der Waals surface area contributed by atoms with Gasteiger partial charge in [-0.25, -0.2) is 0 Å². The lowest BCUT2D eigenvalue weighted by atomic mass is 10.3. The van der Waals surface area contributed by atoms with Crippen LogP contribution in [0.4, 0.5) is 0 Å². The van der Waals surface area contributed by atoms with Crippen LogP contribution < -0.4 is 10.1 Å². The van der Waals surface area contributed by atoms with Gasteiger partial charge in [-0.1, -0.05) is 18.2 Å². The van der Waals surface area contributed by atoms with Crippen molar-refractivity contribution in [1.29, 1.82) is 0 Å². The first-order valence-corrected chi connectivity index (χ1v) is 6.32. The van der Waals surface area contributed by atoms with Gasteiger partial charge in [-0.2, -0.15) is 0 Å². The molecule has 0 spiro atoms. The van der Waals surface area contributed by atoms with Gasteiger partial charge >= 0.3 is 5.97 Å². The summed E-state index contributed by atoms with van der Waals surface area (Å²) in [7, 11) is 0. The summed E-state index contributed by atoms with van der Waals surface area (Å²) in [6.45, 7) is 2.88. The number of carbonyl (C=O) groups is 2. The third-order valence-corrected chi connectivity index (χ3v) is 2.30. The Labute approximate surface area is 112 Å². The molecule has 104 valence electrons. The third-order valence-electron chi connectivity index (χ3n) is 2.30. The zero-order valence-electron chi connectivity index (χ0n) is 11.1. The van der Waals surface area contributed by atoms with E-state index in [4.69, 9.17) is 9.47 Å². The van der Waals surface area contributed by atoms with Crippen molar-refractivity contribution in [1.82, 2.24) is 5.32 Å². The molecule has 0 heterocycles. The Kier molecular flexibility index (Phi) is 7.09. The molecule has 5 nitrogen and oxygen atoms in total. The number of esters is 1. The number of carbonyl (C=O) groups excluding carboxylic acids is 2. The molecule has 0 fully saturated rings. The topological polar surface area (TPSA) is 64.6 Å². The molecule has 0 saturated carbocycles. The van der Waals surface area contributed by atoms with Crippen LogP contribution in [0, 0.1) is 0 Å². The lowest BCUT2D eigenvalue weighted by Crippen LogP contribution is -2.28. The lowest BCUT2D eigenvalue weighted by molar-refractivity contribution is -0.144. The predicted molar refractivity (Wildman–Crippen MR) is 70.8 cm³/mol. The summed E-state index contributed by atoms with van der Waals surface area (Å²) in [5.41, 5.74) is 0. The molecule has 1 aromatic carbocycles. The Hall–Kier alpha value is -2.04. The van der Waals surface area contributed by atoms with E-state index in [1.54, 1.807) is 6.92 Å². The molecule has 1 N–H and O–H groups in total. The summed E-state index contributed by atoms with van der Waals surface area (Å²) in [6.07, 6.45) is 0.253. The SMILES string of the molecule is CCOC(=O)CCC(=O)NCCOc1ccccc1. The normalized spacial score (nSPS) is 9.74. The second kappa shape index (κ2) is 8.97. The highest BCUT2D eigenvalue weighted by Gasteiger charge is 2.06. The van der Waals surface area contributed by atoms with E-state index in [-0.39, 0.29) is 24.7 Å². The van der Waals surface area contributed by atoms with Crippen molar-refractivity contribution in [3.05, 3.63) is 30.3 Å². The van der Waals surface area contributed by atoms with E-state index in [9.17, 15) is 9.59 Å². The number of amides is 1. The van der Waals surface area contributed by atoms with Crippen LogP contribution in [0.2, 0.25) is 0 Å². The average Bonchev–Trinajstić information content (AvgIpc) is 2.43. The molecular weight excluding hydrogens is 246 g/mol. The number of para-hydroxylation sites is 1. The molecule has 0 aliphatic rings. The molecule has 0 bridgehead atoms. The second-order valence-electron chi connectivity index (χ2n) is 3.82. The first-order valence-electron chi connectivity index (χ1n) is 6.32. The van der Waals surface area contributed by atoms with Gasteiger partial charge in [-0.3, -0.25) is 9.59 Å². The Morgan fingerprint density at radius 3 is 2.58 bits per heavy atom.